The van der Waals surface area contributed by atoms with Crippen molar-refractivity contribution in [3.63, 3.8) is 0 Å². The van der Waals surface area contributed by atoms with Crippen molar-refractivity contribution in [1.29, 1.82) is 0 Å². The molecule has 0 bridgehead atoms. The lowest BCUT2D eigenvalue weighted by atomic mass is 10.0. The molecule has 2 N–H and O–H groups in total. The SMILES string of the molecule is CCNC(=O)c1ccc(NC2CC=CCC2)nc1. The van der Waals surface area contributed by atoms with E-state index in [1.165, 1.54) is 0 Å². The van der Waals surface area contributed by atoms with E-state index in [1.54, 1.807) is 12.3 Å². The van der Waals surface area contributed by atoms with E-state index in [1.807, 2.05) is 13.0 Å². The van der Waals surface area contributed by atoms with E-state index >= 15 is 0 Å². The van der Waals surface area contributed by atoms with Crippen molar-refractivity contribution in [3.05, 3.63) is 36.0 Å². The average molecular weight is 245 g/mol. The van der Waals surface area contributed by atoms with Crippen LogP contribution in [0.4, 0.5) is 5.82 Å². The smallest absolute Gasteiger partial charge is 0.252 e. The summed E-state index contributed by atoms with van der Waals surface area (Å²) in [5.74, 6) is 0.764. The molecule has 1 aromatic heterocycles. The van der Waals surface area contributed by atoms with Gasteiger partial charge in [0.1, 0.15) is 5.82 Å². The number of hydrogen-bond acceptors (Lipinski definition) is 3. The molecule has 4 heteroatoms. The fourth-order valence-electron chi connectivity index (χ4n) is 2.01. The molecule has 0 saturated carbocycles. The molecule has 1 aliphatic rings. The predicted molar refractivity (Wildman–Crippen MR) is 72.6 cm³/mol. The number of carbonyl (C=O) groups excluding carboxylic acids is 1. The Morgan fingerprint density at radius 3 is 2.94 bits per heavy atom. The van der Waals surface area contributed by atoms with Crippen LogP contribution in [0.15, 0.2) is 30.5 Å². The van der Waals surface area contributed by atoms with Crippen LogP contribution < -0.4 is 10.6 Å². The summed E-state index contributed by atoms with van der Waals surface area (Å²) in [4.78, 5) is 15.8. The van der Waals surface area contributed by atoms with Crippen molar-refractivity contribution in [2.45, 2.75) is 32.2 Å². The second-order valence-corrected chi connectivity index (χ2v) is 4.42. The highest BCUT2D eigenvalue weighted by Crippen LogP contribution is 2.15. The number of anilines is 1. The number of carbonyl (C=O) groups is 1. The molecule has 2 rings (SSSR count). The van der Waals surface area contributed by atoms with Gasteiger partial charge in [0.15, 0.2) is 0 Å². The average Bonchev–Trinajstić information content (AvgIpc) is 2.41. The summed E-state index contributed by atoms with van der Waals surface area (Å²) in [5.41, 5.74) is 0.603. The summed E-state index contributed by atoms with van der Waals surface area (Å²) >= 11 is 0. The first-order valence-electron chi connectivity index (χ1n) is 6.45. The van der Waals surface area contributed by atoms with Gasteiger partial charge in [0.25, 0.3) is 5.91 Å². The third kappa shape index (κ3) is 3.32. The summed E-state index contributed by atoms with van der Waals surface area (Å²) in [7, 11) is 0. The van der Waals surface area contributed by atoms with Crippen LogP contribution in [0.5, 0.6) is 0 Å². The molecule has 0 fully saturated rings. The molecule has 1 atom stereocenters. The molecule has 18 heavy (non-hydrogen) atoms. The Balaban J connectivity index is 1.94. The van der Waals surface area contributed by atoms with Crippen molar-refractivity contribution in [1.82, 2.24) is 10.3 Å². The first-order valence-corrected chi connectivity index (χ1v) is 6.45. The molecule has 1 aliphatic carbocycles. The number of nitrogens with one attached hydrogen (secondary N) is 2. The summed E-state index contributed by atoms with van der Waals surface area (Å²) in [6.45, 7) is 2.53. The fraction of sp³-hybridized carbons (Fsp3) is 0.429. The number of hydrogen-bond donors (Lipinski definition) is 2. The number of rotatable bonds is 4. The number of aromatic nitrogens is 1. The van der Waals surface area contributed by atoms with Gasteiger partial charge in [-0.2, -0.15) is 0 Å². The zero-order valence-electron chi connectivity index (χ0n) is 10.6. The van der Waals surface area contributed by atoms with Crippen molar-refractivity contribution in [3.8, 4) is 0 Å². The fourth-order valence-corrected chi connectivity index (χ4v) is 2.01. The van der Waals surface area contributed by atoms with Crippen molar-refractivity contribution in [2.75, 3.05) is 11.9 Å². The van der Waals surface area contributed by atoms with Crippen LogP contribution in [0.3, 0.4) is 0 Å². The van der Waals surface area contributed by atoms with Crippen molar-refractivity contribution in [2.24, 2.45) is 0 Å². The quantitative estimate of drug-likeness (QED) is 0.801. The molecule has 0 radical (unpaired) electrons. The normalized spacial score (nSPS) is 18.4. The van der Waals surface area contributed by atoms with Gasteiger partial charge in [-0.25, -0.2) is 4.98 Å². The van der Waals surface area contributed by atoms with E-state index in [2.05, 4.69) is 27.8 Å². The minimum atomic E-state index is -0.0721. The number of allylic oxidation sites excluding steroid dienone is 1. The third-order valence-electron chi connectivity index (χ3n) is 2.98. The monoisotopic (exact) mass is 245 g/mol. The summed E-state index contributed by atoms with van der Waals surface area (Å²) in [6.07, 6.45) is 9.32. The molecule has 0 aliphatic heterocycles. The van der Waals surface area contributed by atoms with Crippen molar-refractivity contribution >= 4 is 11.7 Å². The summed E-state index contributed by atoms with van der Waals surface area (Å²) in [5, 5.41) is 6.14. The molecular formula is C14H19N3O. The van der Waals surface area contributed by atoms with Gasteiger partial charge in [-0.05, 0) is 38.3 Å². The molecule has 4 nitrogen and oxygen atoms in total. The van der Waals surface area contributed by atoms with E-state index in [4.69, 9.17) is 0 Å². The van der Waals surface area contributed by atoms with Gasteiger partial charge in [0, 0.05) is 18.8 Å². The molecular weight excluding hydrogens is 226 g/mol. The largest absolute Gasteiger partial charge is 0.367 e. The van der Waals surface area contributed by atoms with Gasteiger partial charge in [-0.3, -0.25) is 4.79 Å². The number of nitrogens with zero attached hydrogens (tertiary/aromatic N) is 1. The highest BCUT2D eigenvalue weighted by Gasteiger charge is 2.10. The molecule has 1 unspecified atom stereocenters. The van der Waals surface area contributed by atoms with Crippen LogP contribution in [-0.4, -0.2) is 23.5 Å². The lowest BCUT2D eigenvalue weighted by molar-refractivity contribution is 0.0955. The first kappa shape index (κ1) is 12.6. The van der Waals surface area contributed by atoms with E-state index in [0.717, 1.165) is 25.1 Å². The van der Waals surface area contributed by atoms with Crippen molar-refractivity contribution < 1.29 is 4.79 Å². The Morgan fingerprint density at radius 2 is 2.33 bits per heavy atom. The van der Waals surface area contributed by atoms with E-state index in [-0.39, 0.29) is 5.91 Å². The Hall–Kier alpha value is -1.84. The molecule has 96 valence electrons. The lowest BCUT2D eigenvalue weighted by Gasteiger charge is -2.19. The third-order valence-corrected chi connectivity index (χ3v) is 2.98. The van der Waals surface area contributed by atoms with Crippen LogP contribution in [0.1, 0.15) is 36.5 Å². The second kappa shape index (κ2) is 6.19. The Kier molecular flexibility index (Phi) is 4.34. The van der Waals surface area contributed by atoms with Gasteiger partial charge in [0.05, 0.1) is 5.56 Å². The van der Waals surface area contributed by atoms with Crippen LogP contribution in [0.25, 0.3) is 0 Å². The predicted octanol–water partition coefficient (Wildman–Crippen LogP) is 2.35. The van der Waals surface area contributed by atoms with Crippen LogP contribution >= 0.6 is 0 Å². The minimum absolute atomic E-state index is 0.0721. The topological polar surface area (TPSA) is 54.0 Å². The minimum Gasteiger partial charge on any atom is -0.367 e. The lowest BCUT2D eigenvalue weighted by Crippen LogP contribution is -2.23. The molecule has 0 spiro atoms. The number of amides is 1. The Bertz CT molecular complexity index is 425. The van der Waals surface area contributed by atoms with E-state index < -0.39 is 0 Å². The van der Waals surface area contributed by atoms with Gasteiger partial charge in [-0.15, -0.1) is 0 Å². The van der Waals surface area contributed by atoms with Crippen LogP contribution in [0, 0.1) is 0 Å². The maximum Gasteiger partial charge on any atom is 0.252 e. The van der Waals surface area contributed by atoms with Gasteiger partial charge in [0.2, 0.25) is 0 Å². The van der Waals surface area contributed by atoms with Crippen LogP contribution in [0.2, 0.25) is 0 Å². The molecule has 1 aromatic rings. The maximum absolute atomic E-state index is 11.6. The summed E-state index contributed by atoms with van der Waals surface area (Å²) in [6, 6.07) is 4.12. The van der Waals surface area contributed by atoms with E-state index in [0.29, 0.717) is 18.2 Å². The standard InChI is InChI=1S/C14H19N3O/c1-2-15-14(18)11-8-9-13(16-10-11)17-12-6-4-3-5-7-12/h3-4,8-10,12H,2,5-7H2,1H3,(H,15,18)(H,16,17). The van der Waals surface area contributed by atoms with Gasteiger partial charge < -0.3 is 10.6 Å². The highest BCUT2D eigenvalue weighted by molar-refractivity contribution is 5.93. The Morgan fingerprint density at radius 1 is 1.44 bits per heavy atom. The molecule has 1 heterocycles. The van der Waals surface area contributed by atoms with Gasteiger partial charge in [-0.1, -0.05) is 12.2 Å². The highest BCUT2D eigenvalue weighted by atomic mass is 16.1. The number of pyridine rings is 1. The maximum atomic E-state index is 11.6. The Labute approximate surface area is 108 Å². The zero-order valence-corrected chi connectivity index (χ0v) is 10.6. The zero-order chi connectivity index (χ0) is 12.8. The second-order valence-electron chi connectivity index (χ2n) is 4.42. The van der Waals surface area contributed by atoms with Crippen LogP contribution in [-0.2, 0) is 0 Å². The molecule has 0 aromatic carbocycles. The van der Waals surface area contributed by atoms with Gasteiger partial charge >= 0.3 is 0 Å². The first-order chi connectivity index (χ1) is 8.79. The summed E-state index contributed by atoms with van der Waals surface area (Å²) < 4.78 is 0. The van der Waals surface area contributed by atoms with E-state index in [9.17, 15) is 4.79 Å². The molecule has 0 saturated heterocycles. The molecule has 1 amide bonds.